The lowest BCUT2D eigenvalue weighted by molar-refractivity contribution is 0.260. The van der Waals surface area contributed by atoms with Crippen LogP contribution in [0.5, 0.6) is 0 Å². The van der Waals surface area contributed by atoms with Crippen molar-refractivity contribution in [3.05, 3.63) is 66.1 Å². The average molecular weight is 569 g/mol. The van der Waals surface area contributed by atoms with Crippen LogP contribution in [0, 0.1) is 0 Å². The fourth-order valence-corrected chi connectivity index (χ4v) is 5.34. The van der Waals surface area contributed by atoms with E-state index in [0.29, 0.717) is 31.9 Å². The second-order valence-corrected chi connectivity index (χ2v) is 9.46. The van der Waals surface area contributed by atoms with E-state index in [-0.39, 0.29) is 29.7 Å². The van der Waals surface area contributed by atoms with Gasteiger partial charge in [-0.1, -0.05) is 47.6 Å². The second kappa shape index (κ2) is 11.1. The molecule has 0 saturated carbocycles. The Balaban J connectivity index is 0.00000289. The summed E-state index contributed by atoms with van der Waals surface area (Å²) >= 11 is 0. The molecular formula is C22H28IN5O3S. The van der Waals surface area contributed by atoms with Crippen LogP contribution < -0.4 is 5.32 Å². The van der Waals surface area contributed by atoms with Crippen LogP contribution in [0.25, 0.3) is 10.8 Å². The molecule has 1 N–H and O–H groups in total. The zero-order valence-corrected chi connectivity index (χ0v) is 21.1. The van der Waals surface area contributed by atoms with Gasteiger partial charge in [-0.25, -0.2) is 8.42 Å². The van der Waals surface area contributed by atoms with Crippen molar-refractivity contribution >= 4 is 50.7 Å². The first-order valence-electron chi connectivity index (χ1n) is 10.4. The highest BCUT2D eigenvalue weighted by Gasteiger charge is 2.28. The first kappa shape index (κ1) is 24.5. The zero-order valence-electron chi connectivity index (χ0n) is 18.0. The number of fused-ring (bicyclic) bond motifs is 1. The van der Waals surface area contributed by atoms with Gasteiger partial charge in [-0.2, -0.15) is 4.31 Å². The van der Waals surface area contributed by atoms with Crippen molar-refractivity contribution in [1.82, 2.24) is 19.7 Å². The Morgan fingerprint density at radius 3 is 2.56 bits per heavy atom. The summed E-state index contributed by atoms with van der Waals surface area (Å²) in [5.41, 5.74) is 1.72. The molecule has 10 heteroatoms. The van der Waals surface area contributed by atoms with Crippen molar-refractivity contribution in [2.45, 2.75) is 12.2 Å². The number of aromatic nitrogens is 1. The molecule has 8 nitrogen and oxygen atoms in total. The first-order chi connectivity index (χ1) is 15.1. The quantitative estimate of drug-likeness (QED) is 0.279. The molecule has 2 aromatic carbocycles. The van der Waals surface area contributed by atoms with E-state index < -0.39 is 10.0 Å². The summed E-state index contributed by atoms with van der Waals surface area (Å²) in [5.74, 6) is 0.662. The number of piperazine rings is 1. The maximum absolute atomic E-state index is 12.6. The number of hydrogen-bond acceptors (Lipinski definition) is 5. The molecular weight excluding hydrogens is 541 g/mol. The fourth-order valence-electron chi connectivity index (χ4n) is 3.92. The molecule has 1 fully saturated rings. The predicted octanol–water partition coefficient (Wildman–Crippen LogP) is 2.71. The fraction of sp³-hybridized carbons (Fsp3) is 0.364. The van der Waals surface area contributed by atoms with Crippen molar-refractivity contribution in [2.24, 2.45) is 4.99 Å². The molecule has 4 rings (SSSR count). The molecule has 0 atom stereocenters. The number of nitrogens with zero attached hydrogens (tertiary/aromatic N) is 4. The molecule has 32 heavy (non-hydrogen) atoms. The Hall–Kier alpha value is -2.18. The van der Waals surface area contributed by atoms with Crippen molar-refractivity contribution in [1.29, 1.82) is 0 Å². The van der Waals surface area contributed by atoms with E-state index in [4.69, 9.17) is 4.52 Å². The van der Waals surface area contributed by atoms with Crippen molar-refractivity contribution in [3.63, 3.8) is 0 Å². The Morgan fingerprint density at radius 2 is 1.84 bits per heavy atom. The van der Waals surface area contributed by atoms with Gasteiger partial charge in [0.15, 0.2) is 5.96 Å². The third-order valence-electron chi connectivity index (χ3n) is 5.52. The van der Waals surface area contributed by atoms with Crippen LogP contribution in [0.3, 0.4) is 0 Å². The molecule has 2 heterocycles. The summed E-state index contributed by atoms with van der Waals surface area (Å²) in [4.78, 5) is 6.50. The Kier molecular flexibility index (Phi) is 8.49. The van der Waals surface area contributed by atoms with E-state index in [1.165, 1.54) is 26.9 Å². The third kappa shape index (κ3) is 5.78. The van der Waals surface area contributed by atoms with Crippen molar-refractivity contribution in [2.75, 3.05) is 39.8 Å². The summed E-state index contributed by atoms with van der Waals surface area (Å²) in [6.07, 6.45) is 2.27. The normalized spacial score (nSPS) is 15.5. The maximum Gasteiger partial charge on any atom is 0.220 e. The molecule has 0 spiro atoms. The van der Waals surface area contributed by atoms with Gasteiger partial charge < -0.3 is 14.7 Å². The number of aliphatic imine (C=N–C) groups is 1. The van der Waals surface area contributed by atoms with Gasteiger partial charge in [0, 0.05) is 45.8 Å². The van der Waals surface area contributed by atoms with E-state index in [0.717, 1.165) is 18.9 Å². The molecule has 0 radical (unpaired) electrons. The number of hydrogen-bond donors (Lipinski definition) is 1. The number of sulfonamides is 1. The molecule has 0 aliphatic carbocycles. The highest BCUT2D eigenvalue weighted by atomic mass is 127. The van der Waals surface area contributed by atoms with Crippen LogP contribution in [-0.2, 0) is 22.2 Å². The second-order valence-electron chi connectivity index (χ2n) is 7.50. The minimum Gasteiger partial charge on any atom is -0.364 e. The molecule has 0 unspecified atom stereocenters. The summed E-state index contributed by atoms with van der Waals surface area (Å²) in [6.45, 7) is 2.78. The smallest absolute Gasteiger partial charge is 0.220 e. The van der Waals surface area contributed by atoms with Crippen LogP contribution in [0.1, 0.15) is 11.3 Å². The Bertz CT molecular complexity index is 1140. The molecule has 1 aromatic heterocycles. The van der Waals surface area contributed by atoms with Gasteiger partial charge in [-0.3, -0.25) is 4.99 Å². The summed E-state index contributed by atoms with van der Waals surface area (Å²) in [5, 5.41) is 9.65. The first-order valence-corrected chi connectivity index (χ1v) is 12.0. The number of guanidine groups is 1. The minimum absolute atomic E-state index is 0. The van der Waals surface area contributed by atoms with Gasteiger partial charge in [0.1, 0.15) is 12.0 Å². The molecule has 172 valence electrons. The third-order valence-corrected chi connectivity index (χ3v) is 7.33. The van der Waals surface area contributed by atoms with E-state index in [1.807, 2.05) is 0 Å². The molecule has 1 aliphatic heterocycles. The lowest BCUT2D eigenvalue weighted by Gasteiger charge is -2.35. The maximum atomic E-state index is 12.6. The van der Waals surface area contributed by atoms with Gasteiger partial charge >= 0.3 is 0 Å². The monoisotopic (exact) mass is 569 g/mol. The standard InChI is InChI=1S/C22H27N5O3S.HI/c1-23-22(24-11-9-19-7-4-6-18-5-2-3-8-21(18)19)26-12-14-27(15-13-26)31(28,29)17-20-10-16-30-25-20;/h2-8,10,16H,9,11-15,17H2,1H3,(H,23,24);1H. The lowest BCUT2D eigenvalue weighted by Crippen LogP contribution is -2.54. The lowest BCUT2D eigenvalue weighted by atomic mass is 10.0. The van der Waals surface area contributed by atoms with Gasteiger partial charge in [0.2, 0.25) is 10.0 Å². The number of rotatable bonds is 6. The molecule has 3 aromatic rings. The topological polar surface area (TPSA) is 91.0 Å². The average Bonchev–Trinajstić information content (AvgIpc) is 3.29. The van der Waals surface area contributed by atoms with Crippen LogP contribution in [0.4, 0.5) is 0 Å². The number of nitrogens with one attached hydrogen (secondary N) is 1. The van der Waals surface area contributed by atoms with Gasteiger partial charge in [-0.15, -0.1) is 24.0 Å². The van der Waals surface area contributed by atoms with Crippen molar-refractivity contribution in [3.8, 4) is 0 Å². The number of benzene rings is 2. The molecule has 1 aliphatic rings. The number of halogens is 1. The highest BCUT2D eigenvalue weighted by Crippen LogP contribution is 2.18. The predicted molar refractivity (Wildman–Crippen MR) is 137 cm³/mol. The van der Waals surface area contributed by atoms with E-state index in [2.05, 4.69) is 62.8 Å². The summed E-state index contributed by atoms with van der Waals surface area (Å²) < 4.78 is 31.5. The largest absolute Gasteiger partial charge is 0.364 e. The van der Waals surface area contributed by atoms with Crippen LogP contribution in [0.15, 0.2) is 64.3 Å². The molecule has 0 bridgehead atoms. The van der Waals surface area contributed by atoms with Gasteiger partial charge in [0.05, 0.1) is 5.69 Å². The van der Waals surface area contributed by atoms with E-state index in [9.17, 15) is 8.42 Å². The van der Waals surface area contributed by atoms with E-state index >= 15 is 0 Å². The summed E-state index contributed by atoms with van der Waals surface area (Å²) in [6, 6.07) is 16.3. The zero-order chi connectivity index (χ0) is 21.7. The molecule has 0 amide bonds. The minimum atomic E-state index is -3.41. The van der Waals surface area contributed by atoms with Gasteiger partial charge in [-0.05, 0) is 22.8 Å². The Morgan fingerprint density at radius 1 is 1.09 bits per heavy atom. The van der Waals surface area contributed by atoms with E-state index in [1.54, 1.807) is 13.1 Å². The van der Waals surface area contributed by atoms with Crippen LogP contribution >= 0.6 is 24.0 Å². The Labute approximate surface area is 205 Å². The molecule has 1 saturated heterocycles. The SMILES string of the molecule is CN=C(NCCc1cccc2ccccc12)N1CCN(S(=O)(=O)Cc2ccon2)CC1.I. The summed E-state index contributed by atoms with van der Waals surface area (Å²) in [7, 11) is -1.65. The van der Waals surface area contributed by atoms with Crippen LogP contribution in [-0.4, -0.2) is 68.5 Å². The van der Waals surface area contributed by atoms with Crippen LogP contribution in [0.2, 0.25) is 0 Å². The van der Waals surface area contributed by atoms with Gasteiger partial charge in [0.25, 0.3) is 0 Å². The highest BCUT2D eigenvalue weighted by molar-refractivity contribution is 14.0. The van der Waals surface area contributed by atoms with Crippen molar-refractivity contribution < 1.29 is 12.9 Å².